The highest BCUT2D eigenvalue weighted by Crippen LogP contribution is 2.47. The van der Waals surface area contributed by atoms with Crippen molar-refractivity contribution < 1.29 is 14.3 Å². The minimum Gasteiger partial charge on any atom is -0.464 e. The fourth-order valence-electron chi connectivity index (χ4n) is 4.50. The number of para-hydroxylation sites is 1. The Balaban J connectivity index is 1.29. The molecular weight excluding hydrogens is 424 g/mol. The molecule has 4 aromatic carbocycles. The lowest BCUT2D eigenvalue weighted by atomic mass is 9.96. The molecule has 0 spiro atoms. The first kappa shape index (κ1) is 20.2. The number of benzene rings is 4. The number of ether oxygens (including phenoxy) is 2. The van der Waals surface area contributed by atoms with E-state index in [0.29, 0.717) is 11.3 Å². The summed E-state index contributed by atoms with van der Waals surface area (Å²) in [7, 11) is 0. The summed E-state index contributed by atoms with van der Waals surface area (Å²) in [5, 5.41) is 7.04. The molecule has 0 bridgehead atoms. The normalized spacial score (nSPS) is 18.4. The Morgan fingerprint density at radius 3 is 2.26 bits per heavy atom. The molecule has 2 aliphatic heterocycles. The molecule has 2 heterocycles. The van der Waals surface area contributed by atoms with Crippen LogP contribution >= 0.6 is 0 Å². The Labute approximate surface area is 197 Å². The van der Waals surface area contributed by atoms with Gasteiger partial charge in [0.15, 0.2) is 0 Å². The van der Waals surface area contributed by atoms with Crippen LogP contribution in [0.15, 0.2) is 114 Å². The van der Waals surface area contributed by atoms with Gasteiger partial charge in [-0.05, 0) is 48.0 Å². The smallest absolute Gasteiger partial charge is 0.343 e. The van der Waals surface area contributed by atoms with E-state index in [1.807, 2.05) is 66.7 Å². The largest absolute Gasteiger partial charge is 0.464 e. The van der Waals surface area contributed by atoms with Crippen molar-refractivity contribution in [2.45, 2.75) is 18.7 Å². The number of carbonyl (C=O) groups is 1. The topological polar surface area (TPSA) is 51.1 Å². The molecule has 0 radical (unpaired) electrons. The second-order valence-corrected chi connectivity index (χ2v) is 8.35. The third-order valence-electron chi connectivity index (χ3n) is 6.19. The van der Waals surface area contributed by atoms with Gasteiger partial charge in [0.1, 0.15) is 11.5 Å². The minimum atomic E-state index is -0.382. The molecule has 0 fully saturated rings. The van der Waals surface area contributed by atoms with Crippen LogP contribution in [0.25, 0.3) is 0 Å². The summed E-state index contributed by atoms with van der Waals surface area (Å²) in [6.45, 7) is 0. The van der Waals surface area contributed by atoms with E-state index < -0.39 is 0 Å². The number of fused-ring (bicyclic) bond motifs is 3. The number of carbonyl (C=O) groups excluding carboxylic acids is 1. The average Bonchev–Trinajstić information content (AvgIpc) is 3.36. The quantitative estimate of drug-likeness (QED) is 0.279. The molecule has 2 aliphatic rings. The summed E-state index contributed by atoms with van der Waals surface area (Å²) >= 11 is 0. The van der Waals surface area contributed by atoms with Crippen molar-refractivity contribution in [3.63, 3.8) is 0 Å². The predicted molar refractivity (Wildman–Crippen MR) is 130 cm³/mol. The first-order valence-electron chi connectivity index (χ1n) is 11.3. The van der Waals surface area contributed by atoms with Gasteiger partial charge in [-0.15, -0.1) is 0 Å². The molecule has 0 amide bonds. The first-order chi connectivity index (χ1) is 16.8. The molecular formula is C29H22N2O3. The van der Waals surface area contributed by atoms with Crippen LogP contribution in [-0.4, -0.2) is 16.7 Å². The van der Waals surface area contributed by atoms with Crippen LogP contribution in [-0.2, 0) is 0 Å². The van der Waals surface area contributed by atoms with Crippen molar-refractivity contribution in [3.05, 3.63) is 131 Å². The predicted octanol–water partition coefficient (Wildman–Crippen LogP) is 6.15. The zero-order chi connectivity index (χ0) is 22.9. The molecule has 0 saturated heterocycles. The number of hydrogen-bond donors (Lipinski definition) is 0. The molecule has 0 N–H and O–H groups in total. The Hall–Kier alpha value is -4.38. The number of hydrogen-bond acceptors (Lipinski definition) is 5. The average molecular weight is 447 g/mol. The van der Waals surface area contributed by atoms with E-state index in [1.54, 1.807) is 24.3 Å². The summed E-state index contributed by atoms with van der Waals surface area (Å²) in [5.41, 5.74) is 4.76. The van der Waals surface area contributed by atoms with Crippen LogP contribution in [0.4, 0.5) is 0 Å². The van der Waals surface area contributed by atoms with E-state index in [4.69, 9.17) is 14.6 Å². The molecule has 0 unspecified atom stereocenters. The fourth-order valence-corrected chi connectivity index (χ4v) is 4.50. The zero-order valence-electron chi connectivity index (χ0n) is 18.4. The summed E-state index contributed by atoms with van der Waals surface area (Å²) in [6.07, 6.45) is 0.438. The van der Waals surface area contributed by atoms with Gasteiger partial charge >= 0.3 is 5.97 Å². The molecule has 0 aliphatic carbocycles. The molecule has 34 heavy (non-hydrogen) atoms. The molecule has 0 saturated carbocycles. The molecule has 5 heteroatoms. The number of hydrazone groups is 1. The van der Waals surface area contributed by atoms with Gasteiger partial charge in [-0.1, -0.05) is 66.7 Å². The number of esters is 1. The van der Waals surface area contributed by atoms with E-state index in [9.17, 15) is 4.79 Å². The molecule has 2 atom stereocenters. The van der Waals surface area contributed by atoms with Crippen molar-refractivity contribution in [2.24, 2.45) is 5.10 Å². The summed E-state index contributed by atoms with van der Waals surface area (Å²) in [4.78, 5) is 12.4. The Bertz CT molecular complexity index is 1350. The van der Waals surface area contributed by atoms with Crippen LogP contribution in [0, 0.1) is 0 Å². The highest BCUT2D eigenvalue weighted by Gasteiger charge is 2.40. The van der Waals surface area contributed by atoms with Gasteiger partial charge in [-0.25, -0.2) is 9.80 Å². The first-order valence-corrected chi connectivity index (χ1v) is 11.3. The third-order valence-corrected chi connectivity index (χ3v) is 6.19. The van der Waals surface area contributed by atoms with Gasteiger partial charge in [0.25, 0.3) is 0 Å². The monoisotopic (exact) mass is 446 g/mol. The maximum atomic E-state index is 12.4. The van der Waals surface area contributed by atoms with Crippen molar-refractivity contribution in [2.75, 3.05) is 0 Å². The van der Waals surface area contributed by atoms with Gasteiger partial charge in [-0.2, -0.15) is 5.10 Å². The van der Waals surface area contributed by atoms with Crippen molar-refractivity contribution in [3.8, 4) is 11.5 Å². The SMILES string of the molecule is O=C(Oc1ccc([C@H]2Oc3ccccc3[C@H]3CC(c4ccccc4)=NN32)cc1)c1ccccc1. The van der Waals surface area contributed by atoms with E-state index in [1.165, 1.54) is 0 Å². The Morgan fingerprint density at radius 2 is 1.50 bits per heavy atom. The minimum absolute atomic E-state index is 0.0979. The highest BCUT2D eigenvalue weighted by atomic mass is 16.5. The molecule has 6 rings (SSSR count). The van der Waals surface area contributed by atoms with Crippen molar-refractivity contribution >= 4 is 11.7 Å². The van der Waals surface area contributed by atoms with Crippen LogP contribution in [0.3, 0.4) is 0 Å². The van der Waals surface area contributed by atoms with Crippen LogP contribution in [0.2, 0.25) is 0 Å². The molecule has 0 aromatic heterocycles. The van der Waals surface area contributed by atoms with Crippen molar-refractivity contribution in [1.29, 1.82) is 0 Å². The molecule has 4 aromatic rings. The second-order valence-electron chi connectivity index (χ2n) is 8.35. The van der Waals surface area contributed by atoms with E-state index in [0.717, 1.165) is 34.6 Å². The zero-order valence-corrected chi connectivity index (χ0v) is 18.4. The van der Waals surface area contributed by atoms with E-state index >= 15 is 0 Å². The molecule has 5 nitrogen and oxygen atoms in total. The summed E-state index contributed by atoms with van der Waals surface area (Å²) in [5.74, 6) is 0.978. The van der Waals surface area contributed by atoms with Crippen LogP contribution in [0.5, 0.6) is 11.5 Å². The standard InChI is InChI=1S/C29H22N2O3/c32-29(22-11-5-2-6-12-22)33-23-17-15-21(16-18-23)28-31-26(24-13-7-8-14-27(24)34-28)19-25(30-31)20-9-3-1-4-10-20/h1-18,26,28H,19H2/t26-,28-/m1/s1. The van der Waals surface area contributed by atoms with Gasteiger partial charge in [0, 0.05) is 17.5 Å². The van der Waals surface area contributed by atoms with Crippen LogP contribution < -0.4 is 9.47 Å². The lowest BCUT2D eigenvalue weighted by Gasteiger charge is -2.38. The second kappa shape index (κ2) is 8.52. The lowest BCUT2D eigenvalue weighted by Crippen LogP contribution is -2.33. The maximum Gasteiger partial charge on any atom is 0.343 e. The third kappa shape index (κ3) is 3.71. The number of rotatable bonds is 4. The van der Waals surface area contributed by atoms with Gasteiger partial charge in [0.05, 0.1) is 17.3 Å². The summed E-state index contributed by atoms with van der Waals surface area (Å²) < 4.78 is 12.0. The fraction of sp³-hybridized carbons (Fsp3) is 0.103. The van der Waals surface area contributed by atoms with E-state index in [-0.39, 0.29) is 18.2 Å². The van der Waals surface area contributed by atoms with Crippen LogP contribution in [0.1, 0.15) is 45.7 Å². The van der Waals surface area contributed by atoms with Gasteiger partial charge in [-0.3, -0.25) is 0 Å². The lowest BCUT2D eigenvalue weighted by molar-refractivity contribution is -0.0190. The van der Waals surface area contributed by atoms with Gasteiger partial charge in [0.2, 0.25) is 6.23 Å². The molecule has 166 valence electrons. The maximum absolute atomic E-state index is 12.4. The number of nitrogens with zero attached hydrogens (tertiary/aromatic N) is 2. The Morgan fingerprint density at radius 1 is 0.824 bits per heavy atom. The van der Waals surface area contributed by atoms with Gasteiger partial charge < -0.3 is 9.47 Å². The Kier molecular flexibility index (Phi) is 5.07. The van der Waals surface area contributed by atoms with E-state index in [2.05, 4.69) is 23.2 Å². The highest BCUT2D eigenvalue weighted by molar-refractivity contribution is 6.01. The summed E-state index contributed by atoms with van der Waals surface area (Å²) in [6, 6.07) is 34.9. The van der Waals surface area contributed by atoms with Crippen molar-refractivity contribution in [1.82, 2.24) is 5.01 Å².